The molecule has 218 valence electrons. The Hall–Kier alpha value is -3.09. The Kier molecular flexibility index (Phi) is 12.8. The lowest BCUT2D eigenvalue weighted by Crippen LogP contribution is -2.48. The molecule has 2 aliphatic heterocycles. The van der Waals surface area contributed by atoms with E-state index in [-0.39, 0.29) is 5.91 Å². The maximum atomic E-state index is 11.7. The Balaban J connectivity index is 1.19. The van der Waals surface area contributed by atoms with Crippen LogP contribution in [0.4, 0.5) is 5.69 Å². The van der Waals surface area contributed by atoms with Gasteiger partial charge in [-0.05, 0) is 94.5 Å². The van der Waals surface area contributed by atoms with Gasteiger partial charge in [-0.15, -0.1) is 0 Å². The molecule has 0 atom stereocenters. The van der Waals surface area contributed by atoms with Crippen LogP contribution in [-0.4, -0.2) is 74.6 Å². The fourth-order valence-corrected chi connectivity index (χ4v) is 5.08. The van der Waals surface area contributed by atoms with Crippen molar-refractivity contribution in [1.82, 2.24) is 20.4 Å². The lowest BCUT2D eigenvalue weighted by molar-refractivity contribution is -0.123. The third-order valence-corrected chi connectivity index (χ3v) is 7.94. The predicted octanol–water partition coefficient (Wildman–Crippen LogP) is 5.65. The number of carbonyl (C=O) groups is 1. The number of amides is 1. The summed E-state index contributed by atoms with van der Waals surface area (Å²) >= 11 is 0. The zero-order valence-corrected chi connectivity index (χ0v) is 25.2. The van der Waals surface area contributed by atoms with Crippen LogP contribution in [0.2, 0.25) is 0 Å². The lowest BCUT2D eigenvalue weighted by atomic mass is 10.0. The molecule has 2 aliphatic rings. The number of nitrogens with zero attached hydrogens (tertiary/aromatic N) is 3. The average molecular weight is 546 g/mol. The Labute approximate surface area is 243 Å². The molecule has 3 rings (SSSR count). The molecule has 1 aromatic rings. The van der Waals surface area contributed by atoms with Gasteiger partial charge in [0, 0.05) is 69.0 Å². The lowest BCUT2D eigenvalue weighted by Gasteiger charge is -2.36. The summed E-state index contributed by atoms with van der Waals surface area (Å²) in [6.45, 7) is 27.6. The van der Waals surface area contributed by atoms with Crippen LogP contribution in [0, 0.1) is 6.92 Å². The summed E-state index contributed by atoms with van der Waals surface area (Å²) in [5, 5.41) is 7.03. The zero-order valence-electron chi connectivity index (χ0n) is 25.2. The van der Waals surface area contributed by atoms with E-state index in [0.29, 0.717) is 0 Å². The van der Waals surface area contributed by atoms with Crippen molar-refractivity contribution in [2.24, 2.45) is 0 Å². The minimum Gasteiger partial charge on any atom is -0.388 e. The minimum absolute atomic E-state index is 0.0524. The summed E-state index contributed by atoms with van der Waals surface area (Å²) in [7, 11) is 0. The SMILES string of the molecule is C=C(CCCCCNCCCN1C(=C)C=CC1=O)NCCN1CCN(c2ccc(/C=C(\C)C(=C)C)c(C)c2)CC1. The van der Waals surface area contributed by atoms with Crippen molar-refractivity contribution in [3.05, 3.63) is 83.8 Å². The van der Waals surface area contributed by atoms with Crippen molar-refractivity contribution in [3.63, 3.8) is 0 Å². The van der Waals surface area contributed by atoms with E-state index in [4.69, 9.17) is 0 Å². The van der Waals surface area contributed by atoms with Gasteiger partial charge in [0.15, 0.2) is 0 Å². The average Bonchev–Trinajstić information content (AvgIpc) is 3.25. The van der Waals surface area contributed by atoms with E-state index in [1.807, 2.05) is 0 Å². The van der Waals surface area contributed by atoms with Crippen LogP contribution in [0.5, 0.6) is 0 Å². The summed E-state index contributed by atoms with van der Waals surface area (Å²) < 4.78 is 0. The van der Waals surface area contributed by atoms with Crippen molar-refractivity contribution in [2.45, 2.75) is 52.9 Å². The number of rotatable bonds is 17. The summed E-state index contributed by atoms with van der Waals surface area (Å²) in [4.78, 5) is 18.5. The fourth-order valence-electron chi connectivity index (χ4n) is 5.08. The van der Waals surface area contributed by atoms with Gasteiger partial charge in [-0.1, -0.05) is 43.9 Å². The number of anilines is 1. The summed E-state index contributed by atoms with van der Waals surface area (Å²) in [5.41, 5.74) is 8.23. The molecule has 6 nitrogen and oxygen atoms in total. The van der Waals surface area contributed by atoms with Crippen molar-refractivity contribution < 1.29 is 4.79 Å². The number of hydrogen-bond acceptors (Lipinski definition) is 5. The van der Waals surface area contributed by atoms with Gasteiger partial charge >= 0.3 is 0 Å². The number of piperazine rings is 1. The molecule has 1 fully saturated rings. The van der Waals surface area contributed by atoms with Crippen molar-refractivity contribution in [3.8, 4) is 0 Å². The van der Waals surface area contributed by atoms with Crippen molar-refractivity contribution >= 4 is 17.7 Å². The minimum atomic E-state index is 0.0524. The number of allylic oxidation sites excluding steroid dienone is 4. The topological polar surface area (TPSA) is 50.9 Å². The highest BCUT2D eigenvalue weighted by molar-refractivity contribution is 5.92. The Morgan fingerprint density at radius 1 is 0.950 bits per heavy atom. The van der Waals surface area contributed by atoms with Crippen LogP contribution < -0.4 is 15.5 Å². The molecule has 0 radical (unpaired) electrons. The molecular weight excluding hydrogens is 494 g/mol. The van der Waals surface area contributed by atoms with Crippen LogP contribution in [0.1, 0.15) is 57.1 Å². The molecule has 6 heteroatoms. The quantitative estimate of drug-likeness (QED) is 0.196. The third-order valence-electron chi connectivity index (χ3n) is 7.94. The Morgan fingerprint density at radius 2 is 1.70 bits per heavy atom. The normalized spacial score (nSPS) is 16.2. The molecule has 1 aromatic carbocycles. The van der Waals surface area contributed by atoms with Gasteiger partial charge < -0.3 is 20.4 Å². The van der Waals surface area contributed by atoms with E-state index in [1.165, 1.54) is 41.6 Å². The van der Waals surface area contributed by atoms with E-state index < -0.39 is 0 Å². The maximum Gasteiger partial charge on any atom is 0.251 e. The monoisotopic (exact) mass is 545 g/mol. The van der Waals surface area contributed by atoms with Gasteiger partial charge in [-0.3, -0.25) is 9.69 Å². The van der Waals surface area contributed by atoms with Crippen LogP contribution in [0.3, 0.4) is 0 Å². The first-order valence-corrected chi connectivity index (χ1v) is 15.0. The fraction of sp³-hybridized carbons (Fsp3) is 0.500. The summed E-state index contributed by atoms with van der Waals surface area (Å²) in [6.07, 6.45) is 11.1. The first-order chi connectivity index (χ1) is 19.2. The smallest absolute Gasteiger partial charge is 0.251 e. The van der Waals surface area contributed by atoms with Gasteiger partial charge in [0.25, 0.3) is 5.91 Å². The molecular formula is C34H51N5O. The highest BCUT2D eigenvalue weighted by Gasteiger charge is 2.18. The second kappa shape index (κ2) is 16.2. The first-order valence-electron chi connectivity index (χ1n) is 15.0. The van der Waals surface area contributed by atoms with Crippen LogP contribution >= 0.6 is 0 Å². The van der Waals surface area contributed by atoms with E-state index in [9.17, 15) is 4.79 Å². The van der Waals surface area contributed by atoms with E-state index in [2.05, 4.69) is 85.2 Å². The number of hydrogen-bond donors (Lipinski definition) is 2. The number of unbranched alkanes of at least 4 members (excludes halogenated alkanes) is 2. The van der Waals surface area contributed by atoms with E-state index in [0.717, 1.165) is 88.7 Å². The molecule has 0 saturated carbocycles. The van der Waals surface area contributed by atoms with Gasteiger partial charge in [0.2, 0.25) is 0 Å². The van der Waals surface area contributed by atoms with Gasteiger partial charge in [-0.25, -0.2) is 0 Å². The van der Waals surface area contributed by atoms with E-state index >= 15 is 0 Å². The number of aryl methyl sites for hydroxylation is 1. The molecule has 1 amide bonds. The van der Waals surface area contributed by atoms with Crippen molar-refractivity contribution in [2.75, 3.05) is 63.8 Å². The second-order valence-corrected chi connectivity index (χ2v) is 11.2. The van der Waals surface area contributed by atoms with Crippen LogP contribution in [0.25, 0.3) is 6.08 Å². The molecule has 2 N–H and O–H groups in total. The zero-order chi connectivity index (χ0) is 28.9. The molecule has 0 aromatic heterocycles. The molecule has 0 aliphatic carbocycles. The second-order valence-electron chi connectivity index (χ2n) is 11.2. The molecule has 40 heavy (non-hydrogen) atoms. The van der Waals surface area contributed by atoms with Gasteiger partial charge in [0.05, 0.1) is 0 Å². The summed E-state index contributed by atoms with van der Waals surface area (Å²) in [5.74, 6) is 0.0524. The summed E-state index contributed by atoms with van der Waals surface area (Å²) in [6, 6.07) is 6.82. The predicted molar refractivity (Wildman–Crippen MR) is 171 cm³/mol. The number of nitrogens with one attached hydrogen (secondary N) is 2. The molecule has 0 unspecified atom stereocenters. The maximum absolute atomic E-state index is 11.7. The molecule has 2 heterocycles. The number of carbonyl (C=O) groups excluding carboxylic acids is 1. The highest BCUT2D eigenvalue weighted by atomic mass is 16.2. The highest BCUT2D eigenvalue weighted by Crippen LogP contribution is 2.23. The van der Waals surface area contributed by atoms with Crippen LogP contribution in [-0.2, 0) is 4.79 Å². The Morgan fingerprint density at radius 3 is 2.38 bits per heavy atom. The van der Waals surface area contributed by atoms with Crippen LogP contribution in [0.15, 0.2) is 72.6 Å². The molecule has 0 bridgehead atoms. The largest absolute Gasteiger partial charge is 0.388 e. The molecule has 1 saturated heterocycles. The third kappa shape index (κ3) is 10.1. The number of benzene rings is 1. The van der Waals surface area contributed by atoms with Crippen molar-refractivity contribution in [1.29, 1.82) is 0 Å². The first kappa shape index (κ1) is 31.4. The van der Waals surface area contributed by atoms with Gasteiger partial charge in [-0.2, -0.15) is 0 Å². The standard InChI is InChI=1S/C34H51N5O/c1-27(2)28(3)25-32-13-14-33(26-29(32)4)38-23-21-37(22-24-38)20-18-36-30(5)11-8-7-9-16-35-17-10-19-39-31(6)12-15-34(39)40/h12-15,25-26,35-36H,1,5-11,16-24H2,2-4H3/b28-25+. The Bertz CT molecular complexity index is 1080. The van der Waals surface area contributed by atoms with Gasteiger partial charge in [0.1, 0.15) is 0 Å². The molecule has 0 spiro atoms. The van der Waals surface area contributed by atoms with E-state index in [1.54, 1.807) is 17.1 Å².